The molecule has 180 valence electrons. The third-order valence-electron chi connectivity index (χ3n) is 4.64. The summed E-state index contributed by atoms with van der Waals surface area (Å²) in [5.41, 5.74) is 0. The van der Waals surface area contributed by atoms with Crippen LogP contribution in [0.1, 0.15) is 59.8 Å². The molecule has 0 aliphatic carbocycles. The summed E-state index contributed by atoms with van der Waals surface area (Å²) in [5, 5.41) is 0. The van der Waals surface area contributed by atoms with E-state index in [2.05, 4.69) is 30.7 Å². The maximum atomic E-state index is 11.2. The van der Waals surface area contributed by atoms with Crippen molar-refractivity contribution >= 4 is 57.9 Å². The van der Waals surface area contributed by atoms with Crippen molar-refractivity contribution < 1.29 is 23.7 Å². The average molecular weight is 511 g/mol. The zero-order valence-electron chi connectivity index (χ0n) is 19.6. The average Bonchev–Trinajstić information content (AvgIpc) is 2.73. The summed E-state index contributed by atoms with van der Waals surface area (Å²) in [5.74, 6) is 1.25. The molecule has 0 spiro atoms. The number of ether oxygens (including phenoxy) is 4. The van der Waals surface area contributed by atoms with Crippen LogP contribution < -0.4 is 0 Å². The largest absolute Gasteiger partial charge is 0.472 e. The molecule has 0 radical (unpaired) electrons. The minimum absolute atomic E-state index is 0.0848. The molecule has 0 aromatic carbocycles. The van der Waals surface area contributed by atoms with E-state index < -0.39 is 5.79 Å². The molecule has 0 aromatic heterocycles. The summed E-state index contributed by atoms with van der Waals surface area (Å²) in [6, 6.07) is 0. The molecule has 1 aliphatic heterocycles. The number of carbonyl (C=O) groups excluding carboxylic acids is 1. The molecule has 0 saturated carbocycles. The normalized spacial score (nSPS) is 21.9. The van der Waals surface area contributed by atoms with E-state index in [1.54, 1.807) is 0 Å². The zero-order chi connectivity index (χ0) is 23.3. The Kier molecular flexibility index (Phi) is 14.9. The number of thioether (sulfide) groups is 3. The van der Waals surface area contributed by atoms with Crippen molar-refractivity contribution in [3.63, 3.8) is 0 Å². The molecule has 0 N–H and O–H groups in total. The lowest BCUT2D eigenvalue weighted by Crippen LogP contribution is -2.51. The van der Waals surface area contributed by atoms with Gasteiger partial charge < -0.3 is 18.9 Å². The van der Waals surface area contributed by atoms with Crippen LogP contribution in [0.3, 0.4) is 0 Å². The number of rotatable bonds is 13. The summed E-state index contributed by atoms with van der Waals surface area (Å²) < 4.78 is 24.3. The van der Waals surface area contributed by atoms with Crippen LogP contribution in [0.15, 0.2) is 12.2 Å². The van der Waals surface area contributed by atoms with Crippen LogP contribution in [0.2, 0.25) is 0 Å². The Labute approximate surface area is 206 Å². The second-order valence-corrected chi connectivity index (χ2v) is 12.1. The molecule has 1 heterocycles. The third-order valence-corrected chi connectivity index (χ3v) is 8.42. The highest BCUT2D eigenvalue weighted by atomic mass is 32.2. The van der Waals surface area contributed by atoms with Gasteiger partial charge in [0, 0.05) is 19.3 Å². The lowest BCUT2D eigenvalue weighted by Gasteiger charge is -2.45. The summed E-state index contributed by atoms with van der Waals surface area (Å²) in [6.07, 6.45) is 9.39. The first-order valence-corrected chi connectivity index (χ1v) is 14.5. The smallest absolute Gasteiger partial charge is 0.305 e. The Morgan fingerprint density at radius 2 is 1.84 bits per heavy atom. The number of carbonyl (C=O) groups is 1. The summed E-state index contributed by atoms with van der Waals surface area (Å²) >= 11 is 10.6. The van der Waals surface area contributed by atoms with Gasteiger partial charge in [0.1, 0.15) is 12.2 Å². The van der Waals surface area contributed by atoms with Gasteiger partial charge in [0.25, 0.3) is 0 Å². The van der Waals surface area contributed by atoms with Crippen LogP contribution in [-0.4, -0.2) is 63.9 Å². The van der Waals surface area contributed by atoms with Crippen molar-refractivity contribution in [1.82, 2.24) is 0 Å². The molecule has 3 atom stereocenters. The van der Waals surface area contributed by atoms with E-state index in [-0.39, 0.29) is 24.3 Å². The molecule has 1 saturated heterocycles. The molecular formula is C22H38O5S4. The fourth-order valence-electron chi connectivity index (χ4n) is 3.33. The predicted molar refractivity (Wildman–Crippen MR) is 139 cm³/mol. The van der Waals surface area contributed by atoms with E-state index >= 15 is 0 Å². The monoisotopic (exact) mass is 510 g/mol. The fourth-order valence-corrected chi connectivity index (χ4v) is 6.29. The summed E-state index contributed by atoms with van der Waals surface area (Å²) in [6.45, 7) is 8.32. The van der Waals surface area contributed by atoms with Crippen molar-refractivity contribution in [3.8, 4) is 0 Å². The van der Waals surface area contributed by atoms with Gasteiger partial charge in [-0.05, 0) is 56.7 Å². The molecule has 9 heteroatoms. The Bertz CT molecular complexity index is 564. The Balaban J connectivity index is 2.84. The van der Waals surface area contributed by atoms with Gasteiger partial charge in [-0.2, -0.15) is 0 Å². The van der Waals surface area contributed by atoms with Crippen molar-refractivity contribution in [2.75, 3.05) is 24.9 Å². The first-order valence-electron chi connectivity index (χ1n) is 10.8. The highest BCUT2D eigenvalue weighted by Crippen LogP contribution is 2.39. The van der Waals surface area contributed by atoms with Gasteiger partial charge in [-0.3, -0.25) is 4.79 Å². The van der Waals surface area contributed by atoms with Crippen LogP contribution in [0, 0.1) is 0 Å². The van der Waals surface area contributed by atoms with Gasteiger partial charge in [0.15, 0.2) is 5.79 Å². The minimum Gasteiger partial charge on any atom is -0.472 e. The molecule has 31 heavy (non-hydrogen) atoms. The van der Waals surface area contributed by atoms with Crippen LogP contribution in [-0.2, 0) is 23.7 Å². The zero-order valence-corrected chi connectivity index (χ0v) is 22.9. The fraction of sp³-hybridized carbons (Fsp3) is 0.818. The SMILES string of the molecule is CCSC(SCC)[C@H]1C[C@@H]([C@H](C/C=C\CCCC(=O)OC)OC(=S)SC)OC(C)(C)O1. The van der Waals surface area contributed by atoms with Crippen molar-refractivity contribution in [3.05, 3.63) is 12.2 Å². The maximum absolute atomic E-state index is 11.2. The van der Waals surface area contributed by atoms with Crippen molar-refractivity contribution in [1.29, 1.82) is 0 Å². The lowest BCUT2D eigenvalue weighted by molar-refractivity contribution is -0.308. The molecule has 1 rings (SSSR count). The maximum Gasteiger partial charge on any atom is 0.305 e. The van der Waals surface area contributed by atoms with Gasteiger partial charge in [-0.15, -0.1) is 23.5 Å². The number of esters is 1. The highest BCUT2D eigenvalue weighted by Gasteiger charge is 2.42. The van der Waals surface area contributed by atoms with Crippen molar-refractivity contribution in [2.45, 2.75) is 88.5 Å². The van der Waals surface area contributed by atoms with Crippen LogP contribution in [0.4, 0.5) is 0 Å². The van der Waals surface area contributed by atoms with Crippen molar-refractivity contribution in [2.24, 2.45) is 0 Å². The Hall–Kier alpha value is 0.0700. The number of allylic oxidation sites excluding steroid dienone is 1. The van der Waals surface area contributed by atoms with Crippen LogP contribution in [0.25, 0.3) is 0 Å². The lowest BCUT2D eigenvalue weighted by atomic mass is 10.0. The number of hydrogen-bond donors (Lipinski definition) is 0. The van der Waals surface area contributed by atoms with E-state index in [0.29, 0.717) is 21.8 Å². The molecule has 5 nitrogen and oxygen atoms in total. The van der Waals surface area contributed by atoms with E-state index in [0.717, 1.165) is 30.8 Å². The van der Waals surface area contributed by atoms with Gasteiger partial charge in [-0.25, -0.2) is 0 Å². The second-order valence-electron chi connectivity index (χ2n) is 7.51. The van der Waals surface area contributed by atoms with E-state index in [4.69, 9.17) is 26.4 Å². The van der Waals surface area contributed by atoms with Crippen LogP contribution in [0.5, 0.6) is 0 Å². The third kappa shape index (κ3) is 11.7. The molecule has 0 aromatic rings. The summed E-state index contributed by atoms with van der Waals surface area (Å²) in [4.78, 5) is 11.2. The quantitative estimate of drug-likeness (QED) is 0.0968. The molecule has 1 fully saturated rings. The number of unbranched alkanes of at least 4 members (excludes halogenated alkanes) is 1. The standard InChI is InChI=1S/C22H38O5S4/c1-7-30-20(31-8-2)18-15-17(26-22(3,4)27-18)16(25-21(28)29-6)13-11-9-10-12-14-19(23)24-5/h9,11,16-18,20H,7-8,10,12-15H2,1-6H3/b11-9-/t16-,17-,18+/m0/s1. The Morgan fingerprint density at radius 3 is 2.42 bits per heavy atom. The van der Waals surface area contributed by atoms with Crippen LogP contribution >= 0.6 is 47.5 Å². The van der Waals surface area contributed by atoms with E-state index in [9.17, 15) is 4.79 Å². The second kappa shape index (κ2) is 15.8. The number of thiocarbonyl (C=S) groups is 1. The molecule has 0 unspecified atom stereocenters. The topological polar surface area (TPSA) is 54.0 Å². The summed E-state index contributed by atoms with van der Waals surface area (Å²) in [7, 11) is 1.42. The van der Waals surface area contributed by atoms with Gasteiger partial charge in [-0.1, -0.05) is 37.8 Å². The molecule has 1 aliphatic rings. The molecule has 0 bridgehead atoms. The first-order chi connectivity index (χ1) is 14.8. The van der Waals surface area contributed by atoms with Gasteiger partial charge in [0.2, 0.25) is 4.38 Å². The first kappa shape index (κ1) is 29.1. The van der Waals surface area contributed by atoms with E-state index in [1.165, 1.54) is 18.9 Å². The van der Waals surface area contributed by atoms with Gasteiger partial charge in [0.05, 0.1) is 17.8 Å². The van der Waals surface area contributed by atoms with Gasteiger partial charge >= 0.3 is 5.97 Å². The van der Waals surface area contributed by atoms with E-state index in [1.807, 2.05) is 43.6 Å². The number of methoxy groups -OCH3 is 1. The Morgan fingerprint density at radius 1 is 1.19 bits per heavy atom. The molecule has 0 amide bonds. The number of hydrogen-bond acceptors (Lipinski definition) is 9. The predicted octanol–water partition coefficient (Wildman–Crippen LogP) is 6.05. The molecular weight excluding hydrogens is 473 g/mol. The highest BCUT2D eigenvalue weighted by molar-refractivity contribution is 8.22. The minimum atomic E-state index is -0.679.